The number of halogens is 4. The second-order valence-corrected chi connectivity index (χ2v) is 12.3. The molecule has 0 aliphatic heterocycles. The van der Waals surface area contributed by atoms with Gasteiger partial charge in [0.15, 0.2) is 17.1 Å². The number of pyridine rings is 1. The van der Waals surface area contributed by atoms with E-state index in [9.17, 15) is 21.6 Å². The van der Waals surface area contributed by atoms with Crippen LogP contribution < -0.4 is 15.2 Å². The van der Waals surface area contributed by atoms with Gasteiger partial charge in [-0.05, 0) is 72.1 Å². The van der Waals surface area contributed by atoms with Gasteiger partial charge in [0.1, 0.15) is 18.2 Å². The fourth-order valence-electron chi connectivity index (χ4n) is 4.85. The predicted molar refractivity (Wildman–Crippen MR) is 164 cm³/mol. The van der Waals surface area contributed by atoms with Crippen molar-refractivity contribution in [1.29, 1.82) is 0 Å². The highest BCUT2D eigenvalue weighted by atomic mass is 35.5. The molecule has 0 radical (unpaired) electrons. The summed E-state index contributed by atoms with van der Waals surface area (Å²) in [5, 5.41) is 0.248. The molecule has 3 aromatic carbocycles. The van der Waals surface area contributed by atoms with Gasteiger partial charge < -0.3 is 15.2 Å². The summed E-state index contributed by atoms with van der Waals surface area (Å²) >= 11 is 6.07. The van der Waals surface area contributed by atoms with Crippen molar-refractivity contribution in [2.45, 2.75) is 24.6 Å². The van der Waals surface area contributed by atoms with E-state index < -0.39 is 27.6 Å². The van der Waals surface area contributed by atoms with Gasteiger partial charge in [-0.3, -0.25) is 0 Å². The zero-order valence-corrected chi connectivity index (χ0v) is 25.2. The van der Waals surface area contributed by atoms with E-state index in [1.165, 1.54) is 43.6 Å². The Kier molecular flexibility index (Phi) is 7.53. The summed E-state index contributed by atoms with van der Waals surface area (Å²) in [6.45, 7) is 1.67. The van der Waals surface area contributed by atoms with Crippen molar-refractivity contribution in [3.05, 3.63) is 101 Å². The number of hydrogen-bond acceptors (Lipinski definition) is 8. The second kappa shape index (κ2) is 11.2. The zero-order valence-electron chi connectivity index (χ0n) is 23.6. The van der Waals surface area contributed by atoms with Gasteiger partial charge in [0.05, 0.1) is 22.9 Å². The Balaban J connectivity index is 1.48. The van der Waals surface area contributed by atoms with Gasteiger partial charge >= 0.3 is 6.18 Å². The lowest BCUT2D eigenvalue weighted by Gasteiger charge is -2.15. The molecule has 2 N–H and O–H groups in total. The molecule has 230 valence electrons. The number of nitrogens with zero attached hydrogens (tertiary/aromatic N) is 4. The normalized spacial score (nSPS) is 12.1. The number of nitrogens with two attached hydrogens (primary N) is 1. The van der Waals surface area contributed by atoms with E-state index in [2.05, 4.69) is 15.0 Å². The topological polar surface area (TPSA) is 122 Å². The summed E-state index contributed by atoms with van der Waals surface area (Å²) in [4.78, 5) is 12.0. The van der Waals surface area contributed by atoms with E-state index in [1.54, 1.807) is 42.5 Å². The fourth-order valence-corrected chi connectivity index (χ4v) is 6.33. The highest BCUT2D eigenvalue weighted by molar-refractivity contribution is 7.90. The highest BCUT2D eigenvalue weighted by Crippen LogP contribution is 2.40. The average molecular weight is 654 g/mol. The van der Waals surface area contributed by atoms with Crippen molar-refractivity contribution < 1.29 is 31.1 Å². The second-order valence-electron chi connectivity index (χ2n) is 10.1. The molecular weight excluding hydrogens is 631 g/mol. The van der Waals surface area contributed by atoms with Gasteiger partial charge in [-0.25, -0.2) is 22.4 Å². The number of nitrogen functional groups attached to an aromatic ring is 1. The lowest BCUT2D eigenvalue weighted by atomic mass is 10.0. The summed E-state index contributed by atoms with van der Waals surface area (Å²) in [6, 6.07) is 18.7. The third kappa shape index (κ3) is 5.71. The molecule has 6 rings (SSSR count). The standard InChI is InChI=1S/C31H23ClF3N5O4S/c1-17-3-10-22(11-4-17)45(41,42)40-15-23(26-28(36)38-30(32)39-29(26)40)19-7-12-24-20(13-19)14-25(27(37-24)31(33,34)35)44-16-18-5-8-21(43-2)9-6-18/h3-15H,16H2,1-2H3,(H2,36,38,39). The molecule has 9 nitrogen and oxygen atoms in total. The Labute approximate surface area is 260 Å². The van der Waals surface area contributed by atoms with Gasteiger partial charge in [-0.2, -0.15) is 18.2 Å². The van der Waals surface area contributed by atoms with Crippen LogP contribution in [-0.2, 0) is 22.8 Å². The van der Waals surface area contributed by atoms with E-state index >= 15 is 0 Å². The summed E-state index contributed by atoms with van der Waals surface area (Å²) in [6.07, 6.45) is -3.45. The van der Waals surface area contributed by atoms with Crippen molar-refractivity contribution in [1.82, 2.24) is 18.9 Å². The van der Waals surface area contributed by atoms with Crippen molar-refractivity contribution in [2.24, 2.45) is 0 Å². The van der Waals surface area contributed by atoms with Gasteiger partial charge in [0.2, 0.25) is 5.28 Å². The van der Waals surface area contributed by atoms with Crippen molar-refractivity contribution in [2.75, 3.05) is 12.8 Å². The lowest BCUT2D eigenvalue weighted by Crippen LogP contribution is -2.13. The number of alkyl halides is 3. The average Bonchev–Trinajstić information content (AvgIpc) is 3.40. The minimum atomic E-state index is -4.79. The molecule has 0 saturated carbocycles. The lowest BCUT2D eigenvalue weighted by molar-refractivity contribution is -0.142. The molecule has 3 heterocycles. The number of fused-ring (bicyclic) bond motifs is 2. The molecule has 45 heavy (non-hydrogen) atoms. The van der Waals surface area contributed by atoms with Crippen LogP contribution in [0.5, 0.6) is 11.5 Å². The van der Waals surface area contributed by atoms with E-state index in [0.717, 1.165) is 9.54 Å². The maximum Gasteiger partial charge on any atom is 0.437 e. The molecule has 6 aromatic rings. The van der Waals surface area contributed by atoms with Crippen molar-refractivity contribution >= 4 is 49.4 Å². The monoisotopic (exact) mass is 653 g/mol. The first-order chi connectivity index (χ1) is 21.3. The molecule has 0 unspecified atom stereocenters. The smallest absolute Gasteiger partial charge is 0.437 e. The number of aromatic nitrogens is 4. The Bertz CT molecular complexity index is 2190. The van der Waals surface area contributed by atoms with Crippen LogP contribution in [0, 0.1) is 6.92 Å². The van der Waals surface area contributed by atoms with Crippen LogP contribution >= 0.6 is 11.6 Å². The van der Waals surface area contributed by atoms with Gasteiger partial charge in [0, 0.05) is 17.1 Å². The Morgan fingerprint density at radius 1 is 0.956 bits per heavy atom. The number of hydrogen-bond donors (Lipinski definition) is 1. The summed E-state index contributed by atoms with van der Waals surface area (Å²) < 4.78 is 81.2. The van der Waals surface area contributed by atoms with E-state index in [4.69, 9.17) is 26.8 Å². The van der Waals surface area contributed by atoms with Crippen LogP contribution in [0.25, 0.3) is 33.1 Å². The largest absolute Gasteiger partial charge is 0.497 e. The fraction of sp³-hybridized carbons (Fsp3) is 0.129. The van der Waals surface area contributed by atoms with Crippen LogP contribution in [0.2, 0.25) is 5.28 Å². The third-order valence-electron chi connectivity index (χ3n) is 7.11. The molecule has 0 fully saturated rings. The minimum absolute atomic E-state index is 0.00546. The number of anilines is 1. The Morgan fingerprint density at radius 3 is 2.33 bits per heavy atom. The highest BCUT2D eigenvalue weighted by Gasteiger charge is 2.37. The van der Waals surface area contributed by atoms with Crippen LogP contribution in [0.4, 0.5) is 19.0 Å². The third-order valence-corrected chi connectivity index (χ3v) is 8.94. The number of benzene rings is 3. The summed E-state index contributed by atoms with van der Waals surface area (Å²) in [5.41, 5.74) is 7.26. The van der Waals surface area contributed by atoms with E-state index in [1.807, 2.05) is 6.92 Å². The molecule has 14 heteroatoms. The molecule has 0 aliphatic rings. The quantitative estimate of drug-likeness (QED) is 0.182. The first kappa shape index (κ1) is 30.2. The first-order valence-electron chi connectivity index (χ1n) is 13.3. The summed E-state index contributed by atoms with van der Waals surface area (Å²) in [7, 11) is -2.66. The summed E-state index contributed by atoms with van der Waals surface area (Å²) in [5.74, 6) is 0.0462. The van der Waals surface area contributed by atoms with E-state index in [0.29, 0.717) is 27.8 Å². The van der Waals surface area contributed by atoms with Crippen molar-refractivity contribution in [3.8, 4) is 22.6 Å². The number of ether oxygens (including phenoxy) is 2. The number of methoxy groups -OCH3 is 1. The molecule has 0 amide bonds. The van der Waals surface area contributed by atoms with E-state index in [-0.39, 0.29) is 39.2 Å². The molecule has 0 bridgehead atoms. The number of rotatable bonds is 7. The van der Waals surface area contributed by atoms with Crippen molar-refractivity contribution in [3.63, 3.8) is 0 Å². The van der Waals surface area contributed by atoms with Crippen LogP contribution in [0.15, 0.2) is 83.9 Å². The van der Waals surface area contributed by atoms with Gasteiger partial charge in [-0.15, -0.1) is 0 Å². The molecule has 0 saturated heterocycles. The Morgan fingerprint density at radius 2 is 1.67 bits per heavy atom. The van der Waals surface area contributed by atoms with Crippen LogP contribution in [0.1, 0.15) is 16.8 Å². The molecule has 0 atom stereocenters. The van der Waals surface area contributed by atoms with Crippen LogP contribution in [-0.4, -0.2) is 34.5 Å². The molecule has 3 aromatic heterocycles. The SMILES string of the molecule is COc1ccc(COc2cc3cc(-c4cn(S(=O)(=O)c5ccc(C)cc5)c5nc(Cl)nc(N)c45)ccc3nc2C(F)(F)F)cc1. The molecule has 0 aliphatic carbocycles. The van der Waals surface area contributed by atoms with Crippen LogP contribution in [0.3, 0.4) is 0 Å². The maximum atomic E-state index is 14.0. The van der Waals surface area contributed by atoms with Gasteiger partial charge in [-0.1, -0.05) is 35.9 Å². The first-order valence-corrected chi connectivity index (χ1v) is 15.1. The van der Waals surface area contributed by atoms with Gasteiger partial charge in [0.25, 0.3) is 10.0 Å². The number of aryl methyl sites for hydroxylation is 1. The Hall–Kier alpha value is -4.88. The molecular formula is C31H23ClF3N5O4S. The zero-order chi connectivity index (χ0) is 32.1. The molecule has 0 spiro atoms. The predicted octanol–water partition coefficient (Wildman–Crippen LogP) is 7.03. The minimum Gasteiger partial charge on any atom is -0.497 e. The maximum absolute atomic E-state index is 14.0.